The van der Waals surface area contributed by atoms with Crippen LogP contribution < -0.4 is 5.32 Å². The van der Waals surface area contributed by atoms with Gasteiger partial charge in [0.05, 0.1) is 12.0 Å². The number of carbonyl (C=O) groups excluding carboxylic acids is 2. The second-order valence-corrected chi connectivity index (χ2v) is 4.90. The van der Waals surface area contributed by atoms with Crippen molar-refractivity contribution in [3.05, 3.63) is 38.9 Å². The number of rotatable bonds is 4. The normalized spacial score (nSPS) is 10.8. The van der Waals surface area contributed by atoms with Crippen molar-refractivity contribution in [3.63, 3.8) is 0 Å². The zero-order valence-corrected chi connectivity index (χ0v) is 11.9. The molecule has 8 heteroatoms. The monoisotopic (exact) mass is 300 g/mol. The number of hydrogen-bond acceptors (Lipinski definition) is 5. The fourth-order valence-electron chi connectivity index (χ4n) is 1.46. The van der Waals surface area contributed by atoms with Gasteiger partial charge in [-0.1, -0.05) is 11.6 Å². The lowest BCUT2D eigenvalue weighted by atomic mass is 10.0. The van der Waals surface area contributed by atoms with Gasteiger partial charge < -0.3 is 10.1 Å². The third-order valence-electron chi connectivity index (χ3n) is 2.53. The quantitative estimate of drug-likeness (QED) is 0.520. The predicted molar refractivity (Wildman–Crippen MR) is 71.7 cm³/mol. The van der Waals surface area contributed by atoms with Gasteiger partial charge in [-0.3, -0.25) is 14.9 Å². The smallest absolute Gasteiger partial charge is 0.330 e. The summed E-state index contributed by atoms with van der Waals surface area (Å²) in [6.45, 7) is 2.95. The van der Waals surface area contributed by atoms with Crippen LogP contribution in [0.3, 0.4) is 0 Å². The summed E-state index contributed by atoms with van der Waals surface area (Å²) < 4.78 is 4.56. The lowest BCUT2D eigenvalue weighted by molar-refractivity contribution is -0.384. The average Bonchev–Trinajstić information content (AvgIpc) is 2.36. The fraction of sp³-hybridized carbons (Fsp3) is 0.333. The van der Waals surface area contributed by atoms with Crippen LogP contribution in [0.1, 0.15) is 24.2 Å². The Bertz CT molecular complexity index is 571. The lowest BCUT2D eigenvalue weighted by Gasteiger charge is -2.23. The molecule has 0 atom stereocenters. The number of esters is 1. The highest BCUT2D eigenvalue weighted by Gasteiger charge is 2.31. The maximum Gasteiger partial charge on any atom is 0.330 e. The van der Waals surface area contributed by atoms with Crippen LogP contribution >= 0.6 is 11.6 Å². The van der Waals surface area contributed by atoms with E-state index in [1.165, 1.54) is 33.1 Å². The van der Waals surface area contributed by atoms with Crippen LogP contribution in [-0.2, 0) is 9.53 Å². The number of nitrogens with one attached hydrogen (secondary N) is 1. The Hall–Kier alpha value is -2.15. The van der Waals surface area contributed by atoms with Crippen LogP contribution in [0.15, 0.2) is 18.2 Å². The number of carbonyl (C=O) groups is 2. The summed E-state index contributed by atoms with van der Waals surface area (Å²) in [5, 5.41) is 12.9. The minimum Gasteiger partial charge on any atom is -0.467 e. The van der Waals surface area contributed by atoms with Gasteiger partial charge in [0.2, 0.25) is 0 Å². The van der Waals surface area contributed by atoms with E-state index in [4.69, 9.17) is 11.6 Å². The zero-order valence-electron chi connectivity index (χ0n) is 11.1. The molecule has 0 saturated heterocycles. The maximum atomic E-state index is 12.0. The molecule has 0 spiro atoms. The van der Waals surface area contributed by atoms with E-state index in [1.807, 2.05) is 0 Å². The van der Waals surface area contributed by atoms with E-state index in [-0.39, 0.29) is 16.3 Å². The first-order chi connectivity index (χ1) is 9.19. The molecule has 1 N–H and O–H groups in total. The molecule has 0 heterocycles. The molecule has 0 unspecified atom stereocenters. The number of halogens is 1. The Morgan fingerprint density at radius 1 is 1.40 bits per heavy atom. The number of amides is 1. The minimum atomic E-state index is -1.22. The molecular weight excluding hydrogens is 288 g/mol. The molecule has 0 fully saturated rings. The van der Waals surface area contributed by atoms with Gasteiger partial charge >= 0.3 is 5.97 Å². The molecule has 0 aliphatic rings. The van der Waals surface area contributed by atoms with Crippen LogP contribution in [0, 0.1) is 10.1 Å². The molecular formula is C12H13ClN2O5. The van der Waals surface area contributed by atoms with Crippen LogP contribution in [0.5, 0.6) is 0 Å². The van der Waals surface area contributed by atoms with Crippen molar-refractivity contribution in [1.82, 2.24) is 5.32 Å². The molecule has 0 aliphatic carbocycles. The number of nitrogens with zero attached hydrogens (tertiary/aromatic N) is 1. The van der Waals surface area contributed by atoms with Gasteiger partial charge in [0.15, 0.2) is 0 Å². The number of methoxy groups -OCH3 is 1. The number of nitro benzene ring substituents is 1. The highest BCUT2D eigenvalue weighted by molar-refractivity contribution is 6.33. The van der Waals surface area contributed by atoms with Gasteiger partial charge in [0, 0.05) is 11.6 Å². The predicted octanol–water partition coefficient (Wildman–Crippen LogP) is 1.93. The molecule has 0 radical (unpaired) electrons. The van der Waals surface area contributed by atoms with Crippen molar-refractivity contribution in [2.75, 3.05) is 7.11 Å². The molecule has 0 saturated carbocycles. The summed E-state index contributed by atoms with van der Waals surface area (Å²) in [6, 6.07) is 3.55. The first-order valence-electron chi connectivity index (χ1n) is 5.54. The third kappa shape index (κ3) is 3.45. The van der Waals surface area contributed by atoms with Crippen molar-refractivity contribution in [2.45, 2.75) is 19.4 Å². The minimum absolute atomic E-state index is 0.109. The van der Waals surface area contributed by atoms with Crippen LogP contribution in [-0.4, -0.2) is 29.4 Å². The maximum absolute atomic E-state index is 12.0. The van der Waals surface area contributed by atoms with Crippen molar-refractivity contribution in [2.24, 2.45) is 0 Å². The number of benzene rings is 1. The number of nitro groups is 1. The van der Waals surface area contributed by atoms with E-state index in [9.17, 15) is 19.7 Å². The highest BCUT2D eigenvalue weighted by Crippen LogP contribution is 2.25. The molecule has 0 aliphatic heterocycles. The Morgan fingerprint density at radius 3 is 2.45 bits per heavy atom. The van der Waals surface area contributed by atoms with Crippen LogP contribution in [0.2, 0.25) is 5.02 Å². The van der Waals surface area contributed by atoms with Gasteiger partial charge in [0.1, 0.15) is 10.6 Å². The molecule has 0 aromatic heterocycles. The number of hydrogen-bond donors (Lipinski definition) is 1. The largest absolute Gasteiger partial charge is 0.467 e. The molecule has 1 rings (SSSR count). The van der Waals surface area contributed by atoms with Crippen molar-refractivity contribution in [3.8, 4) is 0 Å². The van der Waals surface area contributed by atoms with E-state index in [1.54, 1.807) is 0 Å². The third-order valence-corrected chi connectivity index (χ3v) is 2.83. The van der Waals surface area contributed by atoms with E-state index in [0.29, 0.717) is 0 Å². The summed E-state index contributed by atoms with van der Waals surface area (Å²) in [4.78, 5) is 33.4. The van der Waals surface area contributed by atoms with Crippen LogP contribution in [0.4, 0.5) is 5.69 Å². The standard InChI is InChI=1S/C12H13ClN2O5/c1-12(2,11(17)20-3)14-10(16)7-4-5-9(15(18)19)8(13)6-7/h4-6H,1-3H3,(H,14,16). The van der Waals surface area contributed by atoms with Gasteiger partial charge in [-0.25, -0.2) is 4.79 Å². The second kappa shape index (κ2) is 5.87. The average molecular weight is 301 g/mol. The molecule has 0 bridgehead atoms. The molecule has 7 nitrogen and oxygen atoms in total. The first-order valence-corrected chi connectivity index (χ1v) is 5.91. The van der Waals surface area contributed by atoms with E-state index < -0.39 is 22.3 Å². The molecule has 20 heavy (non-hydrogen) atoms. The van der Waals surface area contributed by atoms with Gasteiger partial charge in [-0.05, 0) is 26.0 Å². The van der Waals surface area contributed by atoms with Crippen molar-refractivity contribution >= 4 is 29.2 Å². The Balaban J connectivity index is 2.97. The summed E-state index contributed by atoms with van der Waals surface area (Å²) in [5.74, 6) is -1.20. The Labute approximate surface area is 120 Å². The molecule has 1 aromatic carbocycles. The van der Waals surface area contributed by atoms with Crippen molar-refractivity contribution in [1.29, 1.82) is 0 Å². The summed E-state index contributed by atoms with van der Waals surface area (Å²) in [7, 11) is 1.21. The molecule has 108 valence electrons. The SMILES string of the molecule is COC(=O)C(C)(C)NC(=O)c1ccc([N+](=O)[O-])c(Cl)c1. The molecule has 1 aromatic rings. The van der Waals surface area contributed by atoms with Crippen LogP contribution in [0.25, 0.3) is 0 Å². The zero-order chi connectivity index (χ0) is 15.5. The van der Waals surface area contributed by atoms with E-state index in [0.717, 1.165) is 6.07 Å². The van der Waals surface area contributed by atoms with Crippen molar-refractivity contribution < 1.29 is 19.2 Å². The summed E-state index contributed by atoms with van der Waals surface area (Å²) in [6.07, 6.45) is 0. The summed E-state index contributed by atoms with van der Waals surface area (Å²) in [5.41, 5.74) is -1.41. The van der Waals surface area contributed by atoms with Gasteiger partial charge in [0.25, 0.3) is 11.6 Å². The highest BCUT2D eigenvalue weighted by atomic mass is 35.5. The Morgan fingerprint density at radius 2 is 2.00 bits per heavy atom. The molecule has 1 amide bonds. The number of ether oxygens (including phenoxy) is 1. The van der Waals surface area contributed by atoms with Gasteiger partial charge in [-0.2, -0.15) is 0 Å². The van der Waals surface area contributed by atoms with E-state index >= 15 is 0 Å². The summed E-state index contributed by atoms with van der Waals surface area (Å²) >= 11 is 5.72. The second-order valence-electron chi connectivity index (χ2n) is 4.49. The fourth-order valence-corrected chi connectivity index (χ4v) is 1.71. The van der Waals surface area contributed by atoms with Gasteiger partial charge in [-0.15, -0.1) is 0 Å². The first kappa shape index (κ1) is 15.9. The topological polar surface area (TPSA) is 98.5 Å². The lowest BCUT2D eigenvalue weighted by Crippen LogP contribution is -2.50. The Kier molecular flexibility index (Phi) is 4.67. The van der Waals surface area contributed by atoms with E-state index in [2.05, 4.69) is 10.1 Å².